The maximum atomic E-state index is 13.5. The minimum Gasteiger partial charge on any atom is -0.394 e. The quantitative estimate of drug-likeness (QED) is 0.598. The van der Waals surface area contributed by atoms with Crippen LogP contribution < -0.4 is 0 Å². The Labute approximate surface area is 69.9 Å². The molecule has 0 spiro atoms. The fraction of sp³-hybridized carbons (Fsp3) is 1.00. The van der Waals surface area contributed by atoms with Crippen molar-refractivity contribution in [2.75, 3.05) is 13.7 Å². The van der Waals surface area contributed by atoms with Crippen LogP contribution in [-0.2, 0) is 9.47 Å². The van der Waals surface area contributed by atoms with E-state index in [0.717, 1.165) is 0 Å². The second-order valence-corrected chi connectivity index (χ2v) is 3.02. The van der Waals surface area contributed by atoms with Gasteiger partial charge in [-0.3, -0.25) is 0 Å². The Kier molecular flexibility index (Phi) is 2.67. The van der Waals surface area contributed by atoms with Gasteiger partial charge in [0.25, 0.3) is 0 Å². The molecule has 0 aromatic heterocycles. The van der Waals surface area contributed by atoms with Crippen LogP contribution in [-0.4, -0.2) is 48.1 Å². The smallest absolute Gasteiger partial charge is 0.194 e. The number of halogens is 1. The van der Waals surface area contributed by atoms with Crippen LogP contribution >= 0.6 is 0 Å². The number of methoxy groups -OCH3 is 1. The third-order valence-corrected chi connectivity index (χ3v) is 2.08. The van der Waals surface area contributed by atoms with Crippen LogP contribution in [0.4, 0.5) is 4.39 Å². The standard InChI is InChI=1S/C7H13FO4/c1-7(8)5(10)4(3-9)12-6(7)11-2/h4-6,9-10H,3H2,1-2H3/t4-,5-,6?,7-/m1/s1. The summed E-state index contributed by atoms with van der Waals surface area (Å²) in [6.07, 6.45) is -3.35. The summed E-state index contributed by atoms with van der Waals surface area (Å²) in [5, 5.41) is 18.0. The number of hydrogen-bond donors (Lipinski definition) is 2. The number of aliphatic hydroxyl groups is 2. The van der Waals surface area contributed by atoms with Gasteiger partial charge in [-0.05, 0) is 6.92 Å². The summed E-state index contributed by atoms with van der Waals surface area (Å²) in [6, 6.07) is 0. The van der Waals surface area contributed by atoms with E-state index in [-0.39, 0.29) is 0 Å². The first-order valence-electron chi connectivity index (χ1n) is 3.70. The molecule has 0 aliphatic carbocycles. The molecule has 0 bridgehead atoms. The molecule has 1 fully saturated rings. The van der Waals surface area contributed by atoms with Crippen LogP contribution in [0.2, 0.25) is 0 Å². The van der Waals surface area contributed by atoms with Gasteiger partial charge in [-0.1, -0.05) is 0 Å². The first-order chi connectivity index (χ1) is 5.54. The lowest BCUT2D eigenvalue weighted by molar-refractivity contribution is -0.163. The lowest BCUT2D eigenvalue weighted by Gasteiger charge is -2.21. The van der Waals surface area contributed by atoms with Gasteiger partial charge in [-0.2, -0.15) is 0 Å². The molecule has 5 heteroatoms. The number of aliphatic hydroxyl groups excluding tert-OH is 2. The first-order valence-corrected chi connectivity index (χ1v) is 3.70. The molecule has 0 aromatic carbocycles. The molecule has 4 nitrogen and oxygen atoms in total. The van der Waals surface area contributed by atoms with Crippen molar-refractivity contribution in [1.82, 2.24) is 0 Å². The predicted octanol–water partition coefficient (Wildman–Crippen LogP) is -0.561. The fourth-order valence-corrected chi connectivity index (χ4v) is 1.30. The zero-order chi connectivity index (χ0) is 9.35. The molecule has 1 rings (SSSR count). The van der Waals surface area contributed by atoms with E-state index in [0.29, 0.717) is 0 Å². The Morgan fingerprint density at radius 3 is 2.50 bits per heavy atom. The average Bonchev–Trinajstić information content (AvgIpc) is 2.25. The monoisotopic (exact) mass is 180 g/mol. The van der Waals surface area contributed by atoms with Gasteiger partial charge in [0.2, 0.25) is 0 Å². The highest BCUT2D eigenvalue weighted by Crippen LogP contribution is 2.34. The van der Waals surface area contributed by atoms with Crippen LogP contribution in [0.3, 0.4) is 0 Å². The second-order valence-electron chi connectivity index (χ2n) is 3.02. The van der Waals surface area contributed by atoms with Gasteiger partial charge in [-0.15, -0.1) is 0 Å². The van der Waals surface area contributed by atoms with E-state index < -0.39 is 30.8 Å². The van der Waals surface area contributed by atoms with Crippen molar-refractivity contribution in [2.45, 2.75) is 31.1 Å². The topological polar surface area (TPSA) is 58.9 Å². The predicted molar refractivity (Wildman–Crippen MR) is 38.3 cm³/mol. The molecule has 4 atom stereocenters. The second kappa shape index (κ2) is 3.26. The van der Waals surface area contributed by atoms with Crippen molar-refractivity contribution in [3.05, 3.63) is 0 Å². The molecule has 1 aliphatic heterocycles. The summed E-state index contributed by atoms with van der Waals surface area (Å²) in [7, 11) is 1.29. The molecule has 0 saturated carbocycles. The zero-order valence-electron chi connectivity index (χ0n) is 7.03. The molecule has 1 aliphatic rings. The number of ether oxygens (including phenoxy) is 2. The van der Waals surface area contributed by atoms with Crippen molar-refractivity contribution in [3.63, 3.8) is 0 Å². The van der Waals surface area contributed by atoms with Crippen LogP contribution in [0, 0.1) is 0 Å². The molecule has 12 heavy (non-hydrogen) atoms. The van der Waals surface area contributed by atoms with Crippen LogP contribution in [0.1, 0.15) is 6.92 Å². The molecular weight excluding hydrogens is 167 g/mol. The van der Waals surface area contributed by atoms with Crippen molar-refractivity contribution in [1.29, 1.82) is 0 Å². The van der Waals surface area contributed by atoms with E-state index in [1.54, 1.807) is 0 Å². The van der Waals surface area contributed by atoms with Crippen molar-refractivity contribution < 1.29 is 24.1 Å². The van der Waals surface area contributed by atoms with Gasteiger partial charge < -0.3 is 19.7 Å². The maximum absolute atomic E-state index is 13.5. The molecule has 0 aromatic rings. The Morgan fingerprint density at radius 2 is 2.25 bits per heavy atom. The van der Waals surface area contributed by atoms with Crippen LogP contribution in [0.15, 0.2) is 0 Å². The lowest BCUT2D eigenvalue weighted by atomic mass is 10.00. The van der Waals surface area contributed by atoms with E-state index in [9.17, 15) is 9.50 Å². The van der Waals surface area contributed by atoms with E-state index in [2.05, 4.69) is 4.74 Å². The minimum atomic E-state index is -1.96. The molecule has 1 heterocycles. The van der Waals surface area contributed by atoms with E-state index in [4.69, 9.17) is 9.84 Å². The minimum absolute atomic E-state index is 0.416. The summed E-state index contributed by atoms with van der Waals surface area (Å²) in [4.78, 5) is 0. The van der Waals surface area contributed by atoms with Gasteiger partial charge in [0.15, 0.2) is 12.0 Å². The van der Waals surface area contributed by atoms with E-state index in [1.807, 2.05) is 0 Å². The van der Waals surface area contributed by atoms with Crippen molar-refractivity contribution in [3.8, 4) is 0 Å². The fourth-order valence-electron chi connectivity index (χ4n) is 1.30. The largest absolute Gasteiger partial charge is 0.394 e. The molecule has 0 amide bonds. The molecule has 72 valence electrons. The normalized spacial score (nSPS) is 48.2. The van der Waals surface area contributed by atoms with Crippen LogP contribution in [0.5, 0.6) is 0 Å². The summed E-state index contributed by atoms with van der Waals surface area (Å²) < 4.78 is 23.0. The Balaban J connectivity index is 2.73. The zero-order valence-corrected chi connectivity index (χ0v) is 7.03. The number of rotatable bonds is 2. The van der Waals surface area contributed by atoms with E-state index in [1.165, 1.54) is 14.0 Å². The summed E-state index contributed by atoms with van der Waals surface area (Å²) in [6.45, 7) is 0.766. The van der Waals surface area contributed by atoms with Crippen molar-refractivity contribution >= 4 is 0 Å². The lowest BCUT2D eigenvalue weighted by Crippen LogP contribution is -2.42. The molecule has 1 saturated heterocycles. The summed E-state index contributed by atoms with van der Waals surface area (Å²) in [5.74, 6) is 0. The number of alkyl halides is 1. The molecule has 2 N–H and O–H groups in total. The maximum Gasteiger partial charge on any atom is 0.194 e. The summed E-state index contributed by atoms with van der Waals surface area (Å²) >= 11 is 0. The molecular formula is C7H13FO4. The highest BCUT2D eigenvalue weighted by Gasteiger charge is 2.54. The SMILES string of the molecule is COC1O[C@H](CO)[C@@H](O)[C@@]1(C)F. The Bertz CT molecular complexity index is 157. The summed E-state index contributed by atoms with van der Waals surface area (Å²) in [5.41, 5.74) is -1.96. The average molecular weight is 180 g/mol. The molecule has 0 radical (unpaired) electrons. The molecule has 1 unspecified atom stereocenters. The Hall–Kier alpha value is -0.230. The highest BCUT2D eigenvalue weighted by atomic mass is 19.1. The highest BCUT2D eigenvalue weighted by molar-refractivity contribution is 4.97. The first kappa shape index (κ1) is 9.85. The van der Waals surface area contributed by atoms with Gasteiger partial charge in [0.1, 0.15) is 12.2 Å². The van der Waals surface area contributed by atoms with Gasteiger partial charge in [0.05, 0.1) is 6.61 Å². The van der Waals surface area contributed by atoms with E-state index >= 15 is 0 Å². The Morgan fingerprint density at radius 1 is 1.67 bits per heavy atom. The van der Waals surface area contributed by atoms with Crippen molar-refractivity contribution in [2.24, 2.45) is 0 Å². The number of hydrogen-bond acceptors (Lipinski definition) is 4. The van der Waals surface area contributed by atoms with Gasteiger partial charge in [-0.25, -0.2) is 4.39 Å². The third kappa shape index (κ3) is 1.33. The van der Waals surface area contributed by atoms with Crippen LogP contribution in [0.25, 0.3) is 0 Å². The third-order valence-electron chi connectivity index (χ3n) is 2.08. The van der Waals surface area contributed by atoms with Gasteiger partial charge >= 0.3 is 0 Å². The van der Waals surface area contributed by atoms with Gasteiger partial charge in [0, 0.05) is 7.11 Å².